The van der Waals surface area contributed by atoms with Gasteiger partial charge in [0.05, 0.1) is 77.1 Å². The number of pyridine rings is 3. The van der Waals surface area contributed by atoms with Crippen LogP contribution in [0.3, 0.4) is 0 Å². The summed E-state index contributed by atoms with van der Waals surface area (Å²) in [5.74, 6) is 1.41. The van der Waals surface area contributed by atoms with Gasteiger partial charge in [0.1, 0.15) is 41.6 Å². The lowest BCUT2D eigenvalue weighted by Crippen LogP contribution is -2.46. The molecule has 3 atom stereocenters. The van der Waals surface area contributed by atoms with Crippen LogP contribution in [0.5, 0.6) is 0 Å². The van der Waals surface area contributed by atoms with Gasteiger partial charge in [-0.2, -0.15) is 28.3 Å². The van der Waals surface area contributed by atoms with Gasteiger partial charge >= 0.3 is 0 Å². The number of aromatic nitrogens is 15. The van der Waals surface area contributed by atoms with Crippen molar-refractivity contribution in [1.82, 2.24) is 87.5 Å². The molecule has 35 heteroatoms. The van der Waals surface area contributed by atoms with Crippen LogP contribution in [0.25, 0.3) is 67.3 Å². The molecule has 3 saturated heterocycles. The van der Waals surface area contributed by atoms with E-state index < -0.39 is 52.2 Å². The number of halogens is 1. The first-order valence-electron chi connectivity index (χ1n) is 34.7. The number of piperidine rings is 3. The maximum absolute atomic E-state index is 13.8. The number of anilines is 2. The van der Waals surface area contributed by atoms with E-state index in [1.165, 1.54) is 16.7 Å². The monoisotopic (exact) mass is 1480 g/mol. The maximum Gasteiger partial charge on any atom is 0.222 e. The number of hydrogen-bond donors (Lipinski definition) is 4. The average Bonchev–Trinajstić information content (AvgIpc) is 1.79. The second kappa shape index (κ2) is 35.7. The topological polar surface area (TPSA) is 361 Å². The van der Waals surface area contributed by atoms with Crippen LogP contribution in [0, 0.1) is 5.95 Å². The predicted molar refractivity (Wildman–Crippen MR) is 398 cm³/mol. The van der Waals surface area contributed by atoms with Crippen molar-refractivity contribution in [2.24, 2.45) is 5.73 Å². The average molecular weight is 1490 g/mol. The van der Waals surface area contributed by atoms with Crippen LogP contribution in [0.1, 0.15) is 78.6 Å². The summed E-state index contributed by atoms with van der Waals surface area (Å²) in [6, 6.07) is 13.1. The molecule has 5 N–H and O–H groups in total. The van der Waals surface area contributed by atoms with Gasteiger partial charge in [0.2, 0.25) is 36.0 Å². The van der Waals surface area contributed by atoms with E-state index >= 15 is 0 Å². The number of rotatable bonds is 26. The van der Waals surface area contributed by atoms with Crippen molar-refractivity contribution in [3.8, 4) is 33.8 Å². The molecule has 0 radical (unpaired) electrons. The molecular formula is C66H98FN21O8S3Si2. The van der Waals surface area contributed by atoms with Gasteiger partial charge in [-0.25, -0.2) is 83.8 Å². The summed E-state index contributed by atoms with van der Waals surface area (Å²) in [6.07, 6.45) is 21.9. The third-order valence-corrected chi connectivity index (χ3v) is 26.4. The molecule has 9 aromatic heterocycles. The lowest BCUT2D eigenvalue weighted by molar-refractivity contribution is 0.0812. The quantitative estimate of drug-likeness (QED) is 0.0223. The normalized spacial score (nSPS) is 17.6. The first-order chi connectivity index (χ1) is 48.2. The summed E-state index contributed by atoms with van der Waals surface area (Å²) in [6.45, 7) is 24.9. The summed E-state index contributed by atoms with van der Waals surface area (Å²) in [5.41, 5.74) is 13.4. The molecule has 548 valence electrons. The zero-order valence-corrected chi connectivity index (χ0v) is 63.9. The standard InChI is InChI=1S/C24H37N7O3SSi.C18H23N7O2S.C16H20FN5OSi.C8H18N2O2S/c1-5-13-35(32,33)30-11-7-8-19(17-30)28-23-20(9-6-10-25-23)21-15-26-24-22(29-21)16-27-31(24)18-34-12-14-36(2,3)4;1-2-9-28(26,27)25-8-4-5-13(12-25)22-17-14(6-3-7-19-17)15-10-20-18-16(23-15)11-21-24-18;1-24(2,3)8-7-23-11-22-16-14(10-20-22)21-13(9-19-16)12-5-4-6-18-15(12)17;1-2-6-13(11,12)10-5-3-4-8(9)7-10/h6,9-10,15-16,19H,5,7-8,11-14,17-18H2,1-4H3,(H,25,28);3,6-7,10-11,13H,2,4-5,8-9,12H2,1H3,(H,19,22)(H,20,21,24);4-6,9-10H,7-8,11H2,1-3H3;8H,2-7,9H2,1H3/t19-;13-;;8-/m00.0/s1. The molecule has 3 fully saturated rings. The third-order valence-electron chi connectivity index (χ3n) is 16.9. The Bertz CT molecular complexity index is 4510. The van der Waals surface area contributed by atoms with E-state index in [1.807, 2.05) is 45.0 Å². The molecule has 3 aliphatic heterocycles. The van der Waals surface area contributed by atoms with Gasteiger partial charge < -0.3 is 25.8 Å². The van der Waals surface area contributed by atoms with Gasteiger partial charge in [-0.15, -0.1) is 0 Å². The molecule has 0 bridgehead atoms. The van der Waals surface area contributed by atoms with Crippen molar-refractivity contribution >= 4 is 91.3 Å². The summed E-state index contributed by atoms with van der Waals surface area (Å²) < 4.78 is 107. The zero-order valence-electron chi connectivity index (χ0n) is 59.4. The van der Waals surface area contributed by atoms with Crippen molar-refractivity contribution in [2.75, 3.05) is 80.4 Å². The van der Waals surface area contributed by atoms with Gasteiger partial charge in [0.25, 0.3) is 0 Å². The largest absolute Gasteiger partial charge is 0.365 e. The highest BCUT2D eigenvalue weighted by Crippen LogP contribution is 2.30. The smallest absolute Gasteiger partial charge is 0.222 e. The summed E-state index contributed by atoms with van der Waals surface area (Å²) in [7, 11) is -11.7. The van der Waals surface area contributed by atoms with E-state index in [9.17, 15) is 29.6 Å². The van der Waals surface area contributed by atoms with Crippen molar-refractivity contribution in [2.45, 2.75) is 162 Å². The number of sulfonamides is 3. The number of fused-ring (bicyclic) bond motifs is 3. The number of nitrogens with zero attached hydrogens (tertiary/aromatic N) is 17. The van der Waals surface area contributed by atoms with Crippen molar-refractivity contribution in [1.29, 1.82) is 0 Å². The van der Waals surface area contributed by atoms with Gasteiger partial charge in [0, 0.05) is 116 Å². The Balaban J connectivity index is 0.000000165. The number of nitrogens with two attached hydrogens (primary N) is 1. The molecule has 12 heterocycles. The van der Waals surface area contributed by atoms with E-state index in [-0.39, 0.29) is 35.4 Å². The molecule has 12 rings (SSSR count). The van der Waals surface area contributed by atoms with Gasteiger partial charge in [-0.1, -0.05) is 60.1 Å². The number of ether oxygens (including phenoxy) is 2. The molecule has 0 aliphatic carbocycles. The van der Waals surface area contributed by atoms with Crippen LogP contribution in [0.4, 0.5) is 16.0 Å². The number of H-pyrrole nitrogens is 1. The minimum atomic E-state index is -3.23. The van der Waals surface area contributed by atoms with Crippen molar-refractivity contribution in [3.63, 3.8) is 0 Å². The van der Waals surface area contributed by atoms with Crippen LogP contribution in [-0.2, 0) is 53.0 Å². The Morgan fingerprint density at radius 1 is 0.535 bits per heavy atom. The molecule has 9 aromatic rings. The number of aromatic amines is 1. The van der Waals surface area contributed by atoms with E-state index in [0.717, 1.165) is 61.7 Å². The van der Waals surface area contributed by atoms with Gasteiger partial charge in [-0.05, 0) is 106 Å². The first-order valence-corrected chi connectivity index (χ1v) is 46.9. The maximum atomic E-state index is 13.8. The molecule has 3 aliphatic rings. The SMILES string of the molecule is CCCS(=O)(=O)N1CCC[C@H](N)C1.CCCS(=O)(=O)N1CCC[C@H](Nc2ncccc2-c2cnc3[nH]ncc3n2)C1.CCCS(=O)(=O)N1CCC[C@H](Nc2ncccc2-c2cnc3c(cnn3COCC[Si](C)(C)C)n2)C1.C[Si](C)(C)CCOCn1ncc2nc(-c3cccnc3F)cnc21. The van der Waals surface area contributed by atoms with Crippen molar-refractivity contribution in [3.05, 3.63) is 98.1 Å². The first kappa shape index (κ1) is 77.8. The van der Waals surface area contributed by atoms with Crippen LogP contribution in [0.2, 0.25) is 51.4 Å². The fourth-order valence-electron chi connectivity index (χ4n) is 11.5. The Morgan fingerprint density at radius 2 is 0.950 bits per heavy atom. The summed E-state index contributed by atoms with van der Waals surface area (Å²) in [4.78, 5) is 39.8. The third kappa shape index (κ3) is 22.3. The molecular weight excluding hydrogens is 1390 g/mol. The highest BCUT2D eigenvalue weighted by Gasteiger charge is 2.32. The molecule has 0 aromatic carbocycles. The summed E-state index contributed by atoms with van der Waals surface area (Å²) in [5, 5.41) is 22.3. The summed E-state index contributed by atoms with van der Waals surface area (Å²) >= 11 is 0. The second-order valence-electron chi connectivity index (χ2n) is 27.8. The van der Waals surface area contributed by atoms with Crippen molar-refractivity contribution < 1.29 is 39.1 Å². The highest BCUT2D eigenvalue weighted by atomic mass is 32.2. The minimum Gasteiger partial charge on any atom is -0.365 e. The van der Waals surface area contributed by atoms with Crippen LogP contribution < -0.4 is 16.4 Å². The lowest BCUT2D eigenvalue weighted by Gasteiger charge is -2.32. The van der Waals surface area contributed by atoms with E-state index in [2.05, 4.69) is 110 Å². The predicted octanol–water partition coefficient (Wildman–Crippen LogP) is 9.34. The molecule has 0 spiro atoms. The second-order valence-corrected chi connectivity index (χ2v) is 45.3. The van der Waals surface area contributed by atoms with E-state index in [1.54, 1.807) is 73.5 Å². The lowest BCUT2D eigenvalue weighted by atomic mass is 10.1. The molecule has 0 saturated carbocycles. The Hall–Kier alpha value is -7.33. The Kier molecular flexibility index (Phi) is 27.5. The van der Waals surface area contributed by atoms with E-state index in [0.29, 0.717) is 153 Å². The van der Waals surface area contributed by atoms with Crippen LogP contribution in [-0.4, -0.2) is 217 Å². The Labute approximate surface area is 594 Å². The van der Waals surface area contributed by atoms with Crippen LogP contribution in [0.15, 0.2) is 92.2 Å². The molecule has 29 nitrogen and oxygen atoms in total. The fourth-order valence-corrected chi connectivity index (χ4v) is 17.8. The number of nitrogens with one attached hydrogen (secondary N) is 3. The minimum absolute atomic E-state index is 0.000327. The fraction of sp³-hybridized carbons (Fsp3) is 0.545. The van der Waals surface area contributed by atoms with Crippen LogP contribution >= 0.6 is 0 Å². The molecule has 101 heavy (non-hydrogen) atoms. The molecule has 0 unspecified atom stereocenters. The van der Waals surface area contributed by atoms with Gasteiger partial charge in [-0.3, -0.25) is 5.10 Å². The van der Waals surface area contributed by atoms with Gasteiger partial charge in [0.15, 0.2) is 16.9 Å². The van der Waals surface area contributed by atoms with E-state index in [4.69, 9.17) is 20.2 Å². The Morgan fingerprint density at radius 3 is 1.40 bits per heavy atom. The highest BCUT2D eigenvalue weighted by molar-refractivity contribution is 7.89. The number of hydrogen-bond acceptors (Lipinski definition) is 23. The molecule has 0 amide bonds. The zero-order chi connectivity index (χ0) is 72.4.